The summed E-state index contributed by atoms with van der Waals surface area (Å²) in [5.74, 6) is -1.36. The second-order valence-corrected chi connectivity index (χ2v) is 6.16. The lowest BCUT2D eigenvalue weighted by molar-refractivity contribution is -0.139. The summed E-state index contributed by atoms with van der Waals surface area (Å²) in [6.45, 7) is 2.06. The van der Waals surface area contributed by atoms with Crippen molar-refractivity contribution >= 4 is 23.2 Å². The number of aliphatic hydroxyl groups excluding tert-OH is 1. The second kappa shape index (κ2) is 8.45. The van der Waals surface area contributed by atoms with E-state index in [1.807, 2.05) is 54.8 Å². The predicted molar refractivity (Wildman–Crippen MR) is 89.9 cm³/mol. The van der Waals surface area contributed by atoms with Crippen molar-refractivity contribution in [2.24, 2.45) is 0 Å². The van der Waals surface area contributed by atoms with Crippen LogP contribution in [0.5, 0.6) is 0 Å². The normalized spacial score (nSPS) is 13.1. The maximum Gasteiger partial charge on any atom is 0.309 e. The molecular formula is C17H20N2O3S. The van der Waals surface area contributed by atoms with Crippen LogP contribution in [0.15, 0.2) is 47.8 Å². The molecule has 5 nitrogen and oxygen atoms in total. The molecule has 0 saturated carbocycles. The highest BCUT2D eigenvalue weighted by atomic mass is 32.1. The molecule has 2 amide bonds. The van der Waals surface area contributed by atoms with Crippen molar-refractivity contribution in [2.45, 2.75) is 25.5 Å². The number of amides is 2. The van der Waals surface area contributed by atoms with Crippen molar-refractivity contribution in [3.05, 3.63) is 58.3 Å². The van der Waals surface area contributed by atoms with Crippen LogP contribution in [-0.2, 0) is 9.59 Å². The highest BCUT2D eigenvalue weighted by molar-refractivity contribution is 7.10. The summed E-state index contributed by atoms with van der Waals surface area (Å²) in [5, 5.41) is 17.0. The summed E-state index contributed by atoms with van der Waals surface area (Å²) in [6.07, 6.45) is -0.255. The summed E-state index contributed by atoms with van der Waals surface area (Å²) >= 11 is 1.46. The number of hydrogen-bond acceptors (Lipinski definition) is 4. The van der Waals surface area contributed by atoms with Crippen molar-refractivity contribution in [1.29, 1.82) is 0 Å². The number of carbonyl (C=O) groups is 2. The van der Waals surface area contributed by atoms with E-state index in [4.69, 9.17) is 0 Å². The van der Waals surface area contributed by atoms with Crippen molar-refractivity contribution in [3.63, 3.8) is 0 Å². The third kappa shape index (κ3) is 5.19. The lowest BCUT2D eigenvalue weighted by Gasteiger charge is -2.14. The monoisotopic (exact) mass is 332 g/mol. The molecule has 0 bridgehead atoms. The Morgan fingerprint density at radius 3 is 2.52 bits per heavy atom. The number of hydrogen-bond donors (Lipinski definition) is 3. The van der Waals surface area contributed by atoms with Crippen LogP contribution in [0.4, 0.5) is 0 Å². The highest BCUT2D eigenvalue weighted by Crippen LogP contribution is 2.20. The fourth-order valence-electron chi connectivity index (χ4n) is 2.11. The van der Waals surface area contributed by atoms with Crippen molar-refractivity contribution in [3.8, 4) is 0 Å². The third-order valence-corrected chi connectivity index (χ3v) is 4.40. The van der Waals surface area contributed by atoms with Crippen LogP contribution in [0.25, 0.3) is 0 Å². The van der Waals surface area contributed by atoms with E-state index in [-0.39, 0.29) is 12.6 Å². The van der Waals surface area contributed by atoms with Gasteiger partial charge in [0.05, 0.1) is 12.1 Å². The molecule has 0 fully saturated rings. The lowest BCUT2D eigenvalue weighted by Crippen LogP contribution is -2.41. The summed E-state index contributed by atoms with van der Waals surface area (Å²) in [6, 6.07) is 12.9. The Morgan fingerprint density at radius 1 is 1.13 bits per heavy atom. The molecule has 6 heteroatoms. The molecule has 0 radical (unpaired) electrons. The van der Waals surface area contributed by atoms with Crippen LogP contribution in [0.1, 0.15) is 35.9 Å². The molecule has 23 heavy (non-hydrogen) atoms. The Hall–Kier alpha value is -2.18. The first-order valence-electron chi connectivity index (χ1n) is 7.43. The molecule has 2 aromatic rings. The minimum atomic E-state index is -0.689. The quantitative estimate of drug-likeness (QED) is 0.709. The van der Waals surface area contributed by atoms with Gasteiger partial charge in [-0.25, -0.2) is 0 Å². The van der Waals surface area contributed by atoms with E-state index >= 15 is 0 Å². The van der Waals surface area contributed by atoms with Crippen LogP contribution in [0.3, 0.4) is 0 Å². The third-order valence-electron chi connectivity index (χ3n) is 3.43. The predicted octanol–water partition coefficient (Wildman–Crippen LogP) is 2.17. The van der Waals surface area contributed by atoms with E-state index in [1.165, 1.54) is 11.3 Å². The van der Waals surface area contributed by atoms with Crippen LogP contribution in [-0.4, -0.2) is 23.5 Å². The number of thiophene rings is 1. The maximum absolute atomic E-state index is 11.8. The van der Waals surface area contributed by atoms with Gasteiger partial charge in [-0.2, -0.15) is 0 Å². The Balaban J connectivity index is 1.74. The molecule has 1 aromatic carbocycles. The number of carbonyl (C=O) groups excluding carboxylic acids is 2. The molecule has 0 aliphatic rings. The van der Waals surface area contributed by atoms with Gasteiger partial charge in [0.1, 0.15) is 0 Å². The van der Waals surface area contributed by atoms with Gasteiger partial charge in [-0.05, 0) is 30.4 Å². The Morgan fingerprint density at radius 2 is 1.87 bits per heavy atom. The van der Waals surface area contributed by atoms with Crippen LogP contribution >= 0.6 is 11.3 Å². The van der Waals surface area contributed by atoms with Crippen molar-refractivity contribution < 1.29 is 14.7 Å². The Bertz CT molecular complexity index is 629. The molecule has 3 N–H and O–H groups in total. The van der Waals surface area contributed by atoms with Gasteiger partial charge < -0.3 is 15.7 Å². The van der Waals surface area contributed by atoms with Gasteiger partial charge in [0.2, 0.25) is 0 Å². The minimum absolute atomic E-state index is 0.241. The van der Waals surface area contributed by atoms with Gasteiger partial charge in [0.25, 0.3) is 0 Å². The molecule has 2 rings (SSSR count). The largest absolute Gasteiger partial charge is 0.388 e. The smallest absolute Gasteiger partial charge is 0.309 e. The average Bonchev–Trinajstić information content (AvgIpc) is 3.10. The van der Waals surface area contributed by atoms with Crippen LogP contribution < -0.4 is 10.6 Å². The lowest BCUT2D eigenvalue weighted by atomic mass is 10.1. The fourth-order valence-corrected chi connectivity index (χ4v) is 2.86. The van der Waals surface area contributed by atoms with E-state index in [0.717, 1.165) is 10.4 Å². The zero-order valence-electron chi connectivity index (χ0n) is 12.9. The van der Waals surface area contributed by atoms with E-state index in [2.05, 4.69) is 10.6 Å². The summed E-state index contributed by atoms with van der Waals surface area (Å²) in [4.78, 5) is 24.5. The molecule has 2 atom stereocenters. The first-order valence-corrected chi connectivity index (χ1v) is 8.31. The van der Waals surface area contributed by atoms with E-state index < -0.39 is 17.9 Å². The van der Waals surface area contributed by atoms with E-state index in [1.54, 1.807) is 0 Å². The van der Waals surface area contributed by atoms with Crippen LogP contribution in [0.2, 0.25) is 0 Å². The van der Waals surface area contributed by atoms with Gasteiger partial charge >= 0.3 is 11.8 Å². The summed E-state index contributed by atoms with van der Waals surface area (Å²) < 4.78 is 0. The van der Waals surface area contributed by atoms with Crippen LogP contribution in [0, 0.1) is 0 Å². The standard InChI is InChI=1S/C17H20N2O3S/c1-12(13-6-3-2-4-7-13)19-17(22)16(21)18-10-9-14(20)15-8-5-11-23-15/h2-8,11-12,14,20H,9-10H2,1H3,(H,18,21)(H,19,22). The molecule has 1 aromatic heterocycles. The maximum atomic E-state index is 11.8. The molecule has 0 spiro atoms. The van der Waals surface area contributed by atoms with Gasteiger partial charge in [-0.1, -0.05) is 36.4 Å². The van der Waals surface area contributed by atoms with Crippen molar-refractivity contribution in [1.82, 2.24) is 10.6 Å². The molecule has 1 heterocycles. The SMILES string of the molecule is CC(NC(=O)C(=O)NCCC(O)c1cccs1)c1ccccc1. The summed E-state index contributed by atoms with van der Waals surface area (Å²) in [5.41, 5.74) is 0.932. The van der Waals surface area contributed by atoms with Gasteiger partial charge in [-0.3, -0.25) is 9.59 Å². The molecule has 0 saturated heterocycles. The molecule has 2 unspecified atom stereocenters. The fraction of sp³-hybridized carbons (Fsp3) is 0.294. The van der Waals surface area contributed by atoms with Gasteiger partial charge in [-0.15, -0.1) is 11.3 Å². The molecule has 0 aliphatic carbocycles. The number of rotatable bonds is 6. The van der Waals surface area contributed by atoms with E-state index in [0.29, 0.717) is 6.42 Å². The topological polar surface area (TPSA) is 78.4 Å². The van der Waals surface area contributed by atoms with Crippen molar-refractivity contribution in [2.75, 3.05) is 6.54 Å². The zero-order chi connectivity index (χ0) is 16.7. The number of nitrogens with one attached hydrogen (secondary N) is 2. The summed E-state index contributed by atoms with van der Waals surface area (Å²) in [7, 11) is 0. The number of benzene rings is 1. The molecule has 122 valence electrons. The van der Waals surface area contributed by atoms with Gasteiger partial charge in [0.15, 0.2) is 0 Å². The van der Waals surface area contributed by atoms with E-state index in [9.17, 15) is 14.7 Å². The number of aliphatic hydroxyl groups is 1. The zero-order valence-corrected chi connectivity index (χ0v) is 13.7. The van der Waals surface area contributed by atoms with Gasteiger partial charge in [0, 0.05) is 11.4 Å². The highest BCUT2D eigenvalue weighted by Gasteiger charge is 2.17. The molecular weight excluding hydrogens is 312 g/mol. The second-order valence-electron chi connectivity index (χ2n) is 5.18. The Labute approximate surface area is 139 Å². The first-order chi connectivity index (χ1) is 11.1. The average molecular weight is 332 g/mol. The minimum Gasteiger partial charge on any atom is -0.388 e. The first kappa shape index (κ1) is 17.2. The molecule has 0 aliphatic heterocycles. The Kier molecular flexibility index (Phi) is 6.31.